The first kappa shape index (κ1) is 15.1. The van der Waals surface area contributed by atoms with Gasteiger partial charge in [0.2, 0.25) is 0 Å². The fourth-order valence-corrected chi connectivity index (χ4v) is 4.40. The lowest BCUT2D eigenvalue weighted by molar-refractivity contribution is 0.0755. The van der Waals surface area contributed by atoms with Crippen molar-refractivity contribution in [1.82, 2.24) is 0 Å². The van der Waals surface area contributed by atoms with Gasteiger partial charge in [-0.05, 0) is 59.2 Å². The van der Waals surface area contributed by atoms with Gasteiger partial charge in [-0.25, -0.2) is 8.78 Å². The molecule has 1 aromatic carbocycles. The molecule has 2 aliphatic carbocycles. The largest absolute Gasteiger partial charge is 0.294 e. The molecule has 0 aromatic heterocycles. The summed E-state index contributed by atoms with van der Waals surface area (Å²) in [5.74, 6) is -0.782. The molecule has 0 saturated heterocycles. The van der Waals surface area contributed by atoms with Crippen molar-refractivity contribution in [3.8, 4) is 0 Å². The topological polar surface area (TPSA) is 17.1 Å². The van der Waals surface area contributed by atoms with Crippen LogP contribution in [0.5, 0.6) is 0 Å². The summed E-state index contributed by atoms with van der Waals surface area (Å²) in [5, 5.41) is 0. The van der Waals surface area contributed by atoms with Crippen LogP contribution >= 0.6 is 15.9 Å². The Kier molecular flexibility index (Phi) is 4.43. The molecule has 1 aromatic rings. The number of hydrogen-bond acceptors (Lipinski definition) is 1. The first-order valence-corrected chi connectivity index (χ1v) is 8.55. The zero-order chi connectivity index (χ0) is 15.0. The summed E-state index contributed by atoms with van der Waals surface area (Å²) in [6.07, 6.45) is 7.53. The van der Waals surface area contributed by atoms with Crippen molar-refractivity contribution in [3.05, 3.63) is 33.8 Å². The Balaban J connectivity index is 1.81. The molecule has 0 spiro atoms. The molecule has 3 unspecified atom stereocenters. The summed E-state index contributed by atoms with van der Waals surface area (Å²) in [4.78, 5) is 12.6. The summed E-state index contributed by atoms with van der Waals surface area (Å²) >= 11 is 3.03. The number of carbonyl (C=O) groups is 1. The molecule has 0 N–H and O–H groups in total. The van der Waals surface area contributed by atoms with Crippen LogP contribution in [0.1, 0.15) is 55.3 Å². The maximum absolute atomic E-state index is 14.1. The van der Waals surface area contributed by atoms with Gasteiger partial charge in [-0.3, -0.25) is 4.79 Å². The summed E-state index contributed by atoms with van der Waals surface area (Å²) < 4.78 is 28.1. The average Bonchev–Trinajstić information content (AvgIpc) is 2.51. The normalized spacial score (nSPS) is 29.0. The lowest BCUT2D eigenvalue weighted by atomic mass is 9.66. The second-order valence-electron chi connectivity index (χ2n) is 6.40. The summed E-state index contributed by atoms with van der Waals surface area (Å²) in [6.45, 7) is 0. The Bertz CT molecular complexity index is 558. The molecule has 0 heterocycles. The van der Waals surface area contributed by atoms with E-state index in [1.807, 2.05) is 0 Å². The van der Waals surface area contributed by atoms with E-state index in [2.05, 4.69) is 15.9 Å². The standard InChI is InChI=1S/C17H19BrF2O/c18-13-7-8-14(19)15(16(13)20)17(21)12-6-5-10-3-1-2-4-11(10)9-12/h7-8,10-12H,1-6,9H2. The van der Waals surface area contributed by atoms with Crippen molar-refractivity contribution in [2.45, 2.75) is 44.9 Å². The molecule has 0 amide bonds. The van der Waals surface area contributed by atoms with Crippen molar-refractivity contribution in [3.63, 3.8) is 0 Å². The molecule has 1 nitrogen and oxygen atoms in total. The highest BCUT2D eigenvalue weighted by molar-refractivity contribution is 9.10. The summed E-state index contributed by atoms with van der Waals surface area (Å²) in [5.41, 5.74) is -0.358. The molecule has 0 radical (unpaired) electrons. The molecule has 3 atom stereocenters. The Labute approximate surface area is 132 Å². The van der Waals surface area contributed by atoms with Gasteiger partial charge in [0.15, 0.2) is 11.6 Å². The molecular formula is C17H19BrF2O. The van der Waals surface area contributed by atoms with Gasteiger partial charge in [0, 0.05) is 5.92 Å². The number of halogens is 3. The van der Waals surface area contributed by atoms with Gasteiger partial charge in [0.1, 0.15) is 5.82 Å². The predicted molar refractivity (Wildman–Crippen MR) is 81.2 cm³/mol. The molecule has 0 bridgehead atoms. The average molecular weight is 357 g/mol. The van der Waals surface area contributed by atoms with E-state index in [0.29, 0.717) is 5.92 Å². The molecule has 4 heteroatoms. The summed E-state index contributed by atoms with van der Waals surface area (Å²) in [6, 6.07) is 2.46. The van der Waals surface area contributed by atoms with Gasteiger partial charge in [0.05, 0.1) is 10.0 Å². The predicted octanol–water partition coefficient (Wildman–Crippen LogP) is 5.52. The van der Waals surface area contributed by atoms with Crippen LogP contribution < -0.4 is 0 Å². The highest BCUT2D eigenvalue weighted by Crippen LogP contribution is 2.43. The molecule has 2 fully saturated rings. The zero-order valence-electron chi connectivity index (χ0n) is 11.9. The zero-order valence-corrected chi connectivity index (χ0v) is 13.5. The van der Waals surface area contributed by atoms with Crippen molar-refractivity contribution in [1.29, 1.82) is 0 Å². The number of carbonyl (C=O) groups excluding carboxylic acids is 1. The van der Waals surface area contributed by atoms with E-state index in [-0.39, 0.29) is 21.7 Å². The van der Waals surface area contributed by atoms with Crippen LogP contribution in [0.3, 0.4) is 0 Å². The van der Waals surface area contributed by atoms with Crippen molar-refractivity contribution in [2.75, 3.05) is 0 Å². The van der Waals surface area contributed by atoms with Gasteiger partial charge in [-0.2, -0.15) is 0 Å². The van der Waals surface area contributed by atoms with Crippen molar-refractivity contribution < 1.29 is 13.6 Å². The van der Waals surface area contributed by atoms with Crippen LogP contribution in [-0.2, 0) is 0 Å². The summed E-state index contributed by atoms with van der Waals surface area (Å²) in [7, 11) is 0. The molecular weight excluding hydrogens is 338 g/mol. The van der Waals surface area contributed by atoms with Crippen molar-refractivity contribution in [2.24, 2.45) is 17.8 Å². The van der Waals surface area contributed by atoms with Gasteiger partial charge in [0.25, 0.3) is 0 Å². The quantitative estimate of drug-likeness (QED) is 0.503. The van der Waals surface area contributed by atoms with E-state index in [0.717, 1.165) is 37.7 Å². The van der Waals surface area contributed by atoms with Crippen LogP contribution in [0, 0.1) is 29.4 Å². The maximum atomic E-state index is 14.1. The third-order valence-electron chi connectivity index (χ3n) is 5.20. The molecule has 114 valence electrons. The fraction of sp³-hybridized carbons (Fsp3) is 0.588. The van der Waals surface area contributed by atoms with E-state index in [4.69, 9.17) is 0 Å². The Morgan fingerprint density at radius 2 is 1.76 bits per heavy atom. The van der Waals surface area contributed by atoms with Crippen LogP contribution in [0.2, 0.25) is 0 Å². The molecule has 2 saturated carbocycles. The van der Waals surface area contributed by atoms with Crippen LogP contribution in [0.25, 0.3) is 0 Å². The number of hydrogen-bond donors (Lipinski definition) is 0. The van der Waals surface area contributed by atoms with E-state index in [9.17, 15) is 13.6 Å². The minimum atomic E-state index is -0.759. The second kappa shape index (κ2) is 6.15. The first-order valence-electron chi connectivity index (χ1n) is 7.75. The lowest BCUT2D eigenvalue weighted by Crippen LogP contribution is -2.32. The van der Waals surface area contributed by atoms with E-state index in [1.54, 1.807) is 0 Å². The van der Waals surface area contributed by atoms with E-state index >= 15 is 0 Å². The van der Waals surface area contributed by atoms with Crippen LogP contribution in [0.15, 0.2) is 16.6 Å². The Morgan fingerprint density at radius 3 is 2.52 bits per heavy atom. The van der Waals surface area contributed by atoms with Gasteiger partial charge >= 0.3 is 0 Å². The molecule has 2 aliphatic rings. The van der Waals surface area contributed by atoms with Gasteiger partial charge in [-0.15, -0.1) is 0 Å². The van der Waals surface area contributed by atoms with Crippen LogP contribution in [0.4, 0.5) is 8.78 Å². The smallest absolute Gasteiger partial charge is 0.171 e. The Hall–Kier alpha value is -0.770. The number of rotatable bonds is 2. The first-order chi connectivity index (χ1) is 10.1. The third-order valence-corrected chi connectivity index (χ3v) is 5.81. The van der Waals surface area contributed by atoms with E-state index in [1.165, 1.54) is 25.3 Å². The van der Waals surface area contributed by atoms with Gasteiger partial charge < -0.3 is 0 Å². The number of benzene rings is 1. The number of fused-ring (bicyclic) bond motifs is 1. The monoisotopic (exact) mass is 356 g/mol. The highest BCUT2D eigenvalue weighted by atomic mass is 79.9. The van der Waals surface area contributed by atoms with E-state index < -0.39 is 11.6 Å². The molecule has 3 rings (SSSR count). The highest BCUT2D eigenvalue weighted by Gasteiger charge is 2.36. The second-order valence-corrected chi connectivity index (χ2v) is 7.25. The van der Waals surface area contributed by atoms with Crippen LogP contribution in [-0.4, -0.2) is 5.78 Å². The maximum Gasteiger partial charge on any atom is 0.171 e. The number of ketones is 1. The third kappa shape index (κ3) is 2.92. The SMILES string of the molecule is O=C(c1c(F)ccc(Br)c1F)C1CCC2CCCCC2C1. The van der Waals surface area contributed by atoms with Crippen molar-refractivity contribution >= 4 is 21.7 Å². The number of Topliss-reactive ketones (excluding diaryl/α,β-unsaturated/α-hetero) is 1. The van der Waals surface area contributed by atoms with Gasteiger partial charge in [-0.1, -0.05) is 25.7 Å². The minimum absolute atomic E-state index is 0.151. The molecule has 0 aliphatic heterocycles. The molecule has 21 heavy (non-hydrogen) atoms. The lowest BCUT2D eigenvalue weighted by Gasteiger charge is -2.38. The fourth-order valence-electron chi connectivity index (χ4n) is 4.07. The Morgan fingerprint density at radius 1 is 1.05 bits per heavy atom. The minimum Gasteiger partial charge on any atom is -0.294 e.